The summed E-state index contributed by atoms with van der Waals surface area (Å²) in [5.74, 6) is -1.08. The van der Waals surface area contributed by atoms with Crippen LogP contribution in [0.5, 0.6) is 0 Å². The Morgan fingerprint density at radius 2 is 1.67 bits per heavy atom. The van der Waals surface area contributed by atoms with E-state index in [1.54, 1.807) is 0 Å². The van der Waals surface area contributed by atoms with Crippen LogP contribution in [-0.4, -0.2) is 49.9 Å². The topological polar surface area (TPSA) is 60.4 Å². The lowest BCUT2D eigenvalue weighted by atomic mass is 10.5. The Morgan fingerprint density at radius 3 is 1.67 bits per heavy atom. The summed E-state index contributed by atoms with van der Waals surface area (Å²) in [7, 11) is 6.16. The van der Waals surface area contributed by atoms with Crippen LogP contribution < -0.4 is 17.5 Å². The van der Waals surface area contributed by atoms with E-state index in [-0.39, 0.29) is 19.0 Å². The first-order chi connectivity index (χ1) is 4.79. The summed E-state index contributed by atoms with van der Waals surface area (Å²) >= 11 is 0. The molecule has 0 unspecified atom stereocenters. The molecule has 0 saturated heterocycles. The molecule has 0 aromatic heterocycles. The number of carbonyl (C=O) groups is 1. The third-order valence-corrected chi connectivity index (χ3v) is 0.771. The zero-order valence-electron chi connectivity index (χ0n) is 8.00. The molecular weight excluding hydrogens is 182 g/mol. The van der Waals surface area contributed by atoms with Crippen molar-refractivity contribution in [2.24, 2.45) is 0 Å². The molecule has 0 saturated carbocycles. The number of nitrogens with zero attached hydrogens (tertiary/aromatic N) is 1. The standard InChI is InChI=1S/C5H14NO.C2H4O2.ClH/c1-6(2,3)4-5-7;1-2(3)4;/h7H,4-5H2,1-3H3;1H3,(H,3,4);1H/q+1;;/p-2. The van der Waals surface area contributed by atoms with E-state index in [0.29, 0.717) is 0 Å². The van der Waals surface area contributed by atoms with E-state index < -0.39 is 5.97 Å². The van der Waals surface area contributed by atoms with Gasteiger partial charge in [-0.2, -0.15) is 0 Å². The van der Waals surface area contributed by atoms with E-state index in [0.717, 1.165) is 18.0 Å². The van der Waals surface area contributed by atoms with Gasteiger partial charge in [-0.1, -0.05) is 0 Å². The lowest BCUT2D eigenvalue weighted by Crippen LogP contribution is -3.00. The SMILES string of the molecule is CC(=O)[O-].C[N+](C)(C)CCO.[Cl-]. The summed E-state index contributed by atoms with van der Waals surface area (Å²) in [5.41, 5.74) is 0. The molecule has 0 heterocycles. The summed E-state index contributed by atoms with van der Waals surface area (Å²) < 4.78 is 0.844. The monoisotopic (exact) mass is 198 g/mol. The minimum absolute atomic E-state index is 0. The molecule has 4 nitrogen and oxygen atoms in total. The number of hydrogen-bond donors (Lipinski definition) is 1. The fourth-order valence-electron chi connectivity index (χ4n) is 0.300. The van der Waals surface area contributed by atoms with E-state index in [9.17, 15) is 0 Å². The van der Waals surface area contributed by atoms with Crippen LogP contribution in [0.25, 0.3) is 0 Å². The Balaban J connectivity index is -0.000000142. The van der Waals surface area contributed by atoms with Gasteiger partial charge in [-0.05, 0) is 6.92 Å². The van der Waals surface area contributed by atoms with Gasteiger partial charge in [0.2, 0.25) is 0 Å². The predicted octanol–water partition coefficient (Wildman–Crippen LogP) is -4.55. The maximum Gasteiger partial charge on any atom is 0.101 e. The molecule has 0 aliphatic carbocycles. The highest BCUT2D eigenvalue weighted by atomic mass is 35.5. The molecule has 5 heteroatoms. The van der Waals surface area contributed by atoms with Crippen LogP contribution >= 0.6 is 0 Å². The lowest BCUT2D eigenvalue weighted by Gasteiger charge is -2.21. The highest BCUT2D eigenvalue weighted by Crippen LogP contribution is 1.84. The molecule has 1 N–H and O–H groups in total. The number of aliphatic hydroxyl groups excluding tert-OH is 1. The van der Waals surface area contributed by atoms with Gasteiger partial charge in [-0.25, -0.2) is 0 Å². The Bertz CT molecular complexity index is 108. The van der Waals surface area contributed by atoms with E-state index in [2.05, 4.69) is 21.1 Å². The number of aliphatic hydroxyl groups is 1. The molecule has 0 atom stereocenters. The Labute approximate surface area is 79.8 Å². The van der Waals surface area contributed by atoms with Gasteiger partial charge in [0, 0.05) is 5.97 Å². The number of carbonyl (C=O) groups excluding carboxylic acids is 1. The number of carboxylic acid groups (broad SMARTS) is 1. The number of rotatable bonds is 2. The highest BCUT2D eigenvalue weighted by molar-refractivity contribution is 5.60. The van der Waals surface area contributed by atoms with E-state index >= 15 is 0 Å². The number of likely N-dealkylation sites (N-methyl/N-ethyl adjacent to an activating group) is 1. The maximum absolute atomic E-state index is 8.89. The van der Waals surface area contributed by atoms with Gasteiger partial charge in [-0.3, -0.25) is 0 Å². The fraction of sp³-hybridized carbons (Fsp3) is 0.857. The average molecular weight is 199 g/mol. The van der Waals surface area contributed by atoms with E-state index in [1.807, 2.05) is 0 Å². The maximum atomic E-state index is 8.89. The third-order valence-electron chi connectivity index (χ3n) is 0.771. The summed E-state index contributed by atoms with van der Waals surface area (Å²) in [6, 6.07) is 0. The largest absolute Gasteiger partial charge is 1.00 e. The molecular formula is C7H17ClNO3-. The highest BCUT2D eigenvalue weighted by Gasteiger charge is 2.02. The second-order valence-corrected chi connectivity index (χ2v) is 3.23. The summed E-state index contributed by atoms with van der Waals surface area (Å²) in [4.78, 5) is 8.89. The Kier molecular flexibility index (Phi) is 12.9. The van der Waals surface area contributed by atoms with Crippen LogP contribution in [0, 0.1) is 0 Å². The molecule has 0 aromatic rings. The molecule has 0 spiro atoms. The summed E-state index contributed by atoms with van der Waals surface area (Å²) in [6.07, 6.45) is 0. The number of carboxylic acids is 1. The van der Waals surface area contributed by atoms with Gasteiger partial charge < -0.3 is 31.9 Å². The molecule has 0 fully saturated rings. The second-order valence-electron chi connectivity index (χ2n) is 3.23. The van der Waals surface area contributed by atoms with Crippen LogP contribution in [-0.2, 0) is 4.79 Å². The van der Waals surface area contributed by atoms with Gasteiger partial charge >= 0.3 is 0 Å². The van der Waals surface area contributed by atoms with Crippen LogP contribution in [0.4, 0.5) is 0 Å². The minimum Gasteiger partial charge on any atom is -1.00 e. The smallest absolute Gasteiger partial charge is 0.101 e. The summed E-state index contributed by atoms with van der Waals surface area (Å²) in [6.45, 7) is 2.09. The molecule has 0 aliphatic rings. The average Bonchev–Trinajstić information content (AvgIpc) is 1.58. The first-order valence-corrected chi connectivity index (χ1v) is 3.38. The van der Waals surface area contributed by atoms with Crippen molar-refractivity contribution in [3.05, 3.63) is 0 Å². The van der Waals surface area contributed by atoms with Crippen molar-refractivity contribution >= 4 is 5.97 Å². The van der Waals surface area contributed by atoms with Crippen molar-refractivity contribution in [1.29, 1.82) is 0 Å². The minimum atomic E-state index is -1.08. The molecule has 0 aromatic carbocycles. The molecule has 0 bridgehead atoms. The molecule has 0 aliphatic heterocycles. The van der Waals surface area contributed by atoms with Gasteiger partial charge in [0.25, 0.3) is 0 Å². The predicted molar refractivity (Wildman–Crippen MR) is 40.7 cm³/mol. The quantitative estimate of drug-likeness (QED) is 0.455. The number of hydrogen-bond acceptors (Lipinski definition) is 3. The van der Waals surface area contributed by atoms with Crippen LogP contribution in [0.3, 0.4) is 0 Å². The zero-order chi connectivity index (χ0) is 9.49. The molecule has 0 rings (SSSR count). The van der Waals surface area contributed by atoms with Gasteiger partial charge in [-0.15, -0.1) is 0 Å². The second kappa shape index (κ2) is 8.77. The molecule has 76 valence electrons. The number of aliphatic carboxylic acids is 1. The van der Waals surface area contributed by atoms with Gasteiger partial charge in [0.05, 0.1) is 27.7 Å². The van der Waals surface area contributed by atoms with Crippen molar-refractivity contribution in [1.82, 2.24) is 0 Å². The van der Waals surface area contributed by atoms with E-state index in [4.69, 9.17) is 15.0 Å². The van der Waals surface area contributed by atoms with Crippen molar-refractivity contribution < 1.29 is 31.9 Å². The van der Waals surface area contributed by atoms with Crippen molar-refractivity contribution in [2.75, 3.05) is 34.3 Å². The molecule has 0 amide bonds. The molecule has 12 heavy (non-hydrogen) atoms. The van der Waals surface area contributed by atoms with Crippen LogP contribution in [0.2, 0.25) is 0 Å². The third kappa shape index (κ3) is 53.9. The normalized spacial score (nSPS) is 9.08. The Morgan fingerprint density at radius 1 is 1.42 bits per heavy atom. The van der Waals surface area contributed by atoms with Crippen LogP contribution in [0.1, 0.15) is 6.92 Å². The van der Waals surface area contributed by atoms with Gasteiger partial charge in [0.1, 0.15) is 6.54 Å². The van der Waals surface area contributed by atoms with Crippen molar-refractivity contribution in [2.45, 2.75) is 6.92 Å². The number of halogens is 1. The Hall–Kier alpha value is -0.320. The fourth-order valence-corrected chi connectivity index (χ4v) is 0.300. The summed E-state index contributed by atoms with van der Waals surface area (Å²) in [5, 5.41) is 17.3. The number of quaternary nitrogens is 1. The molecule has 0 radical (unpaired) electrons. The first kappa shape index (κ1) is 17.7. The zero-order valence-corrected chi connectivity index (χ0v) is 8.76. The van der Waals surface area contributed by atoms with Gasteiger partial charge in [0.15, 0.2) is 0 Å². The lowest BCUT2D eigenvalue weighted by molar-refractivity contribution is -0.870. The van der Waals surface area contributed by atoms with Crippen LogP contribution in [0.15, 0.2) is 0 Å². The van der Waals surface area contributed by atoms with E-state index in [1.165, 1.54) is 0 Å². The first-order valence-electron chi connectivity index (χ1n) is 3.38. The van der Waals surface area contributed by atoms with Crippen molar-refractivity contribution in [3.8, 4) is 0 Å². The van der Waals surface area contributed by atoms with Crippen molar-refractivity contribution in [3.63, 3.8) is 0 Å².